The first-order chi connectivity index (χ1) is 11.7. The van der Waals surface area contributed by atoms with E-state index < -0.39 is 0 Å². The number of nitrogens with two attached hydrogens (primary N) is 1. The molecule has 5 nitrogen and oxygen atoms in total. The molecule has 1 atom stereocenters. The molecule has 126 valence electrons. The second kappa shape index (κ2) is 6.45. The van der Waals surface area contributed by atoms with Crippen molar-refractivity contribution in [3.8, 4) is 11.5 Å². The molecule has 2 aliphatic heterocycles. The molecule has 0 bridgehead atoms. The quantitative estimate of drug-likeness (QED) is 0.926. The van der Waals surface area contributed by atoms with E-state index in [0.717, 1.165) is 31.0 Å². The van der Waals surface area contributed by atoms with Crippen molar-refractivity contribution in [1.29, 1.82) is 0 Å². The molecule has 0 spiro atoms. The highest BCUT2D eigenvalue weighted by Crippen LogP contribution is 2.38. The third-order valence-electron chi connectivity index (χ3n) is 4.55. The summed E-state index contributed by atoms with van der Waals surface area (Å²) in [5.41, 5.74) is 6.60. The van der Waals surface area contributed by atoms with Crippen LogP contribution in [0.4, 0.5) is 0 Å². The van der Waals surface area contributed by atoms with E-state index >= 15 is 0 Å². The van der Waals surface area contributed by atoms with Gasteiger partial charge in [0.05, 0.1) is 4.88 Å². The molecule has 4 rings (SSSR count). The summed E-state index contributed by atoms with van der Waals surface area (Å²) in [6.07, 6.45) is 2.28. The van der Waals surface area contributed by atoms with Crippen molar-refractivity contribution in [2.24, 2.45) is 5.73 Å². The van der Waals surface area contributed by atoms with E-state index in [1.807, 2.05) is 18.2 Å². The first-order valence-electron chi connectivity index (χ1n) is 8.23. The minimum Gasteiger partial charge on any atom is -0.486 e. The van der Waals surface area contributed by atoms with Crippen LogP contribution in [0, 0.1) is 0 Å². The van der Waals surface area contributed by atoms with Gasteiger partial charge in [0.25, 0.3) is 5.91 Å². The van der Waals surface area contributed by atoms with Gasteiger partial charge in [-0.15, -0.1) is 11.3 Å². The third-order valence-corrected chi connectivity index (χ3v) is 5.76. The summed E-state index contributed by atoms with van der Waals surface area (Å²) in [5.74, 6) is 1.32. The molecular formula is C18H20N2O3S. The minimum absolute atomic E-state index is 0.345. The highest BCUT2D eigenvalue weighted by molar-refractivity contribution is 7.14. The summed E-state index contributed by atoms with van der Waals surface area (Å²) in [7, 11) is 0. The summed E-state index contributed by atoms with van der Waals surface area (Å²) in [4.78, 5) is 15.6. The van der Waals surface area contributed by atoms with E-state index in [1.165, 1.54) is 28.2 Å². The molecule has 1 fully saturated rings. The van der Waals surface area contributed by atoms with Crippen LogP contribution in [0.25, 0.3) is 0 Å². The summed E-state index contributed by atoms with van der Waals surface area (Å²) < 4.78 is 11.3. The summed E-state index contributed by atoms with van der Waals surface area (Å²) in [6.45, 7) is 3.14. The Morgan fingerprint density at radius 1 is 1.21 bits per heavy atom. The lowest BCUT2D eigenvalue weighted by Crippen LogP contribution is -2.22. The van der Waals surface area contributed by atoms with Crippen LogP contribution in [0.15, 0.2) is 30.3 Å². The number of likely N-dealkylation sites (tertiary alicyclic amines) is 1. The SMILES string of the molecule is NC(=O)c1ccc(C2CCCN2Cc2ccc3c(c2)OCCO3)s1. The van der Waals surface area contributed by atoms with E-state index in [0.29, 0.717) is 24.1 Å². The van der Waals surface area contributed by atoms with Gasteiger partial charge in [0.15, 0.2) is 11.5 Å². The highest BCUT2D eigenvalue weighted by Gasteiger charge is 2.28. The van der Waals surface area contributed by atoms with Gasteiger partial charge in [-0.3, -0.25) is 9.69 Å². The van der Waals surface area contributed by atoms with Crippen molar-refractivity contribution < 1.29 is 14.3 Å². The largest absolute Gasteiger partial charge is 0.486 e. The van der Waals surface area contributed by atoms with Gasteiger partial charge in [0, 0.05) is 17.5 Å². The number of primary amides is 1. The van der Waals surface area contributed by atoms with E-state index in [1.54, 1.807) is 0 Å². The Morgan fingerprint density at radius 2 is 2.04 bits per heavy atom. The maximum absolute atomic E-state index is 11.3. The van der Waals surface area contributed by atoms with Gasteiger partial charge < -0.3 is 15.2 Å². The Labute approximate surface area is 145 Å². The topological polar surface area (TPSA) is 64.8 Å². The number of fused-ring (bicyclic) bond motifs is 1. The number of ether oxygens (including phenoxy) is 2. The van der Waals surface area contributed by atoms with Crippen LogP contribution >= 0.6 is 11.3 Å². The predicted molar refractivity (Wildman–Crippen MR) is 92.7 cm³/mol. The van der Waals surface area contributed by atoms with E-state index in [4.69, 9.17) is 15.2 Å². The average Bonchev–Trinajstić information content (AvgIpc) is 3.23. The Morgan fingerprint density at radius 3 is 2.83 bits per heavy atom. The van der Waals surface area contributed by atoms with Crippen molar-refractivity contribution in [3.63, 3.8) is 0 Å². The number of carbonyl (C=O) groups excluding carboxylic acids is 1. The predicted octanol–water partition coefficient (Wildman–Crippen LogP) is 2.96. The number of nitrogens with zero attached hydrogens (tertiary/aromatic N) is 1. The van der Waals surface area contributed by atoms with Crippen LogP contribution < -0.4 is 15.2 Å². The number of benzene rings is 1. The molecule has 2 aromatic rings. The van der Waals surface area contributed by atoms with Crippen LogP contribution in [0.1, 0.15) is 39.0 Å². The first kappa shape index (κ1) is 15.5. The fourth-order valence-corrected chi connectivity index (χ4v) is 4.45. The molecule has 0 radical (unpaired) electrons. The second-order valence-corrected chi connectivity index (χ2v) is 7.29. The van der Waals surface area contributed by atoms with E-state index in [-0.39, 0.29) is 5.91 Å². The number of thiophene rings is 1. The normalized spacial score (nSPS) is 20.2. The lowest BCUT2D eigenvalue weighted by molar-refractivity contribution is 0.100. The van der Waals surface area contributed by atoms with E-state index in [9.17, 15) is 4.79 Å². The molecule has 24 heavy (non-hydrogen) atoms. The van der Waals surface area contributed by atoms with Crippen LogP contribution in [-0.2, 0) is 6.54 Å². The standard InChI is InChI=1S/C18H20N2O3S/c19-18(21)17-6-5-16(24-17)13-2-1-7-20(13)11-12-3-4-14-15(10-12)23-9-8-22-14/h3-6,10,13H,1-2,7-9,11H2,(H2,19,21). The molecule has 0 saturated carbocycles. The lowest BCUT2D eigenvalue weighted by Gasteiger charge is -2.25. The van der Waals surface area contributed by atoms with Crippen molar-refractivity contribution in [2.75, 3.05) is 19.8 Å². The molecule has 1 aromatic heterocycles. The fraction of sp³-hybridized carbons (Fsp3) is 0.389. The van der Waals surface area contributed by atoms with Gasteiger partial charge in [-0.1, -0.05) is 6.07 Å². The van der Waals surface area contributed by atoms with Crippen LogP contribution in [0.5, 0.6) is 11.5 Å². The second-order valence-electron chi connectivity index (χ2n) is 6.17. The molecule has 2 N–H and O–H groups in total. The van der Waals surface area contributed by atoms with Crippen molar-refractivity contribution in [3.05, 3.63) is 45.6 Å². The van der Waals surface area contributed by atoms with Crippen molar-refractivity contribution in [2.45, 2.75) is 25.4 Å². The number of rotatable bonds is 4. The maximum atomic E-state index is 11.3. The molecule has 1 unspecified atom stereocenters. The van der Waals surface area contributed by atoms with Gasteiger partial charge in [-0.05, 0) is 49.2 Å². The molecule has 1 amide bonds. The van der Waals surface area contributed by atoms with Gasteiger partial charge in [0.1, 0.15) is 13.2 Å². The third kappa shape index (κ3) is 2.99. The van der Waals surface area contributed by atoms with Gasteiger partial charge in [-0.2, -0.15) is 0 Å². The average molecular weight is 344 g/mol. The molecule has 2 aliphatic rings. The Kier molecular flexibility index (Phi) is 4.16. The Bertz CT molecular complexity index is 758. The number of amides is 1. The summed E-state index contributed by atoms with van der Waals surface area (Å²) in [6, 6.07) is 10.4. The minimum atomic E-state index is -0.345. The molecule has 1 aromatic carbocycles. The summed E-state index contributed by atoms with van der Waals surface area (Å²) >= 11 is 1.51. The van der Waals surface area contributed by atoms with Crippen molar-refractivity contribution >= 4 is 17.2 Å². The molecule has 3 heterocycles. The molecule has 1 saturated heterocycles. The highest BCUT2D eigenvalue weighted by atomic mass is 32.1. The monoisotopic (exact) mass is 344 g/mol. The maximum Gasteiger partial charge on any atom is 0.258 e. The zero-order valence-electron chi connectivity index (χ0n) is 13.4. The first-order valence-corrected chi connectivity index (χ1v) is 9.04. The van der Waals surface area contributed by atoms with E-state index in [2.05, 4.69) is 17.0 Å². The molecule has 6 heteroatoms. The Balaban J connectivity index is 1.51. The van der Waals surface area contributed by atoms with Crippen LogP contribution in [-0.4, -0.2) is 30.6 Å². The molecular weight excluding hydrogens is 324 g/mol. The zero-order chi connectivity index (χ0) is 16.5. The number of carbonyl (C=O) groups is 1. The number of hydrogen-bond donors (Lipinski definition) is 1. The van der Waals surface area contributed by atoms with Crippen molar-refractivity contribution in [1.82, 2.24) is 4.90 Å². The fourth-order valence-electron chi connectivity index (χ4n) is 3.42. The Hall–Kier alpha value is -2.05. The zero-order valence-corrected chi connectivity index (χ0v) is 14.2. The lowest BCUT2D eigenvalue weighted by atomic mass is 10.1. The molecule has 0 aliphatic carbocycles. The smallest absolute Gasteiger partial charge is 0.258 e. The van der Waals surface area contributed by atoms with Crippen LogP contribution in [0.2, 0.25) is 0 Å². The number of hydrogen-bond acceptors (Lipinski definition) is 5. The van der Waals surface area contributed by atoms with Gasteiger partial charge in [-0.25, -0.2) is 0 Å². The van der Waals surface area contributed by atoms with Gasteiger partial charge >= 0.3 is 0 Å². The van der Waals surface area contributed by atoms with Gasteiger partial charge in [0.2, 0.25) is 0 Å². The summed E-state index contributed by atoms with van der Waals surface area (Å²) in [5, 5.41) is 0. The van der Waals surface area contributed by atoms with Crippen LogP contribution in [0.3, 0.4) is 0 Å².